The molecular formula is C11H16BrFN2. The van der Waals surface area contributed by atoms with E-state index >= 15 is 0 Å². The number of halogens is 2. The highest BCUT2D eigenvalue weighted by Gasteiger charge is 2.01. The predicted octanol–water partition coefficient (Wildman–Crippen LogP) is 2.07. The number of rotatable bonds is 6. The Morgan fingerprint density at radius 2 is 2.13 bits per heavy atom. The number of nitrogens with one attached hydrogen (secondary N) is 1. The molecule has 0 unspecified atom stereocenters. The Morgan fingerprint density at radius 3 is 2.87 bits per heavy atom. The summed E-state index contributed by atoms with van der Waals surface area (Å²) in [7, 11) is 0. The third-order valence-corrected chi connectivity index (χ3v) is 2.63. The molecular weight excluding hydrogens is 259 g/mol. The van der Waals surface area contributed by atoms with Gasteiger partial charge in [-0.2, -0.15) is 0 Å². The zero-order valence-electron chi connectivity index (χ0n) is 8.60. The minimum Gasteiger partial charge on any atom is -0.330 e. The van der Waals surface area contributed by atoms with Gasteiger partial charge < -0.3 is 11.1 Å². The van der Waals surface area contributed by atoms with Crippen LogP contribution in [0.25, 0.3) is 0 Å². The van der Waals surface area contributed by atoms with Crippen molar-refractivity contribution >= 4 is 15.9 Å². The van der Waals surface area contributed by atoms with Crippen molar-refractivity contribution in [3.63, 3.8) is 0 Å². The van der Waals surface area contributed by atoms with E-state index in [4.69, 9.17) is 5.73 Å². The molecule has 15 heavy (non-hydrogen) atoms. The van der Waals surface area contributed by atoms with Crippen molar-refractivity contribution in [3.05, 3.63) is 34.1 Å². The van der Waals surface area contributed by atoms with Gasteiger partial charge in [0.1, 0.15) is 5.82 Å². The third kappa shape index (κ3) is 4.73. The van der Waals surface area contributed by atoms with Crippen LogP contribution in [0.2, 0.25) is 0 Å². The zero-order valence-corrected chi connectivity index (χ0v) is 10.2. The second-order valence-electron chi connectivity index (χ2n) is 3.38. The lowest BCUT2D eigenvalue weighted by atomic mass is 10.1. The van der Waals surface area contributed by atoms with E-state index in [1.54, 1.807) is 6.07 Å². The van der Waals surface area contributed by atoms with Crippen molar-refractivity contribution in [2.45, 2.75) is 12.8 Å². The molecule has 0 atom stereocenters. The van der Waals surface area contributed by atoms with Gasteiger partial charge in [-0.05, 0) is 56.2 Å². The second-order valence-corrected chi connectivity index (χ2v) is 4.29. The van der Waals surface area contributed by atoms with Crippen LogP contribution in [-0.4, -0.2) is 19.6 Å². The van der Waals surface area contributed by atoms with Crippen LogP contribution in [0, 0.1) is 5.82 Å². The van der Waals surface area contributed by atoms with Gasteiger partial charge in [0.15, 0.2) is 0 Å². The smallest absolute Gasteiger partial charge is 0.126 e. The maximum Gasteiger partial charge on any atom is 0.126 e. The van der Waals surface area contributed by atoms with Crippen LogP contribution in [0.15, 0.2) is 22.7 Å². The molecule has 3 N–H and O–H groups in total. The first-order valence-corrected chi connectivity index (χ1v) is 5.88. The van der Waals surface area contributed by atoms with Crippen molar-refractivity contribution in [2.75, 3.05) is 19.6 Å². The third-order valence-electron chi connectivity index (χ3n) is 2.14. The first-order chi connectivity index (χ1) is 7.24. The molecule has 0 aliphatic heterocycles. The summed E-state index contributed by atoms with van der Waals surface area (Å²) in [5.41, 5.74) is 6.10. The fraction of sp³-hybridized carbons (Fsp3) is 0.455. The van der Waals surface area contributed by atoms with Crippen LogP contribution in [0.4, 0.5) is 4.39 Å². The quantitative estimate of drug-likeness (QED) is 0.780. The molecule has 4 heteroatoms. The molecule has 0 fully saturated rings. The Balaban J connectivity index is 2.33. The van der Waals surface area contributed by atoms with E-state index in [-0.39, 0.29) is 5.82 Å². The van der Waals surface area contributed by atoms with Crippen molar-refractivity contribution in [1.82, 2.24) is 5.32 Å². The summed E-state index contributed by atoms with van der Waals surface area (Å²) in [6, 6.07) is 5.01. The summed E-state index contributed by atoms with van der Waals surface area (Å²) in [6.07, 6.45) is 1.66. The maximum absolute atomic E-state index is 13.3. The summed E-state index contributed by atoms with van der Waals surface area (Å²) in [5.74, 6) is -0.140. The largest absolute Gasteiger partial charge is 0.330 e. The van der Waals surface area contributed by atoms with Gasteiger partial charge in [0.2, 0.25) is 0 Å². The molecule has 0 saturated heterocycles. The summed E-state index contributed by atoms with van der Waals surface area (Å²) in [6.45, 7) is 2.37. The molecule has 0 aliphatic rings. The van der Waals surface area contributed by atoms with Gasteiger partial charge in [0.05, 0.1) is 0 Å². The average molecular weight is 275 g/mol. The SMILES string of the molecule is NCCCNCCc1cc(Br)ccc1F. The minimum atomic E-state index is -0.140. The number of nitrogens with two attached hydrogens (primary N) is 1. The fourth-order valence-electron chi connectivity index (χ4n) is 1.31. The fourth-order valence-corrected chi connectivity index (χ4v) is 1.72. The predicted molar refractivity (Wildman–Crippen MR) is 64.3 cm³/mol. The van der Waals surface area contributed by atoms with Crippen molar-refractivity contribution in [3.8, 4) is 0 Å². The van der Waals surface area contributed by atoms with E-state index < -0.39 is 0 Å². The highest BCUT2D eigenvalue weighted by molar-refractivity contribution is 9.10. The Hall–Kier alpha value is -0.450. The van der Waals surface area contributed by atoms with Gasteiger partial charge in [-0.25, -0.2) is 4.39 Å². The van der Waals surface area contributed by atoms with Crippen molar-refractivity contribution in [2.24, 2.45) is 5.73 Å². The van der Waals surface area contributed by atoms with E-state index in [0.29, 0.717) is 13.0 Å². The summed E-state index contributed by atoms with van der Waals surface area (Å²) in [4.78, 5) is 0. The molecule has 2 nitrogen and oxygen atoms in total. The molecule has 0 radical (unpaired) electrons. The normalized spacial score (nSPS) is 10.6. The lowest BCUT2D eigenvalue weighted by Gasteiger charge is -2.05. The Kier molecular flexibility index (Phi) is 5.83. The van der Waals surface area contributed by atoms with E-state index in [9.17, 15) is 4.39 Å². The van der Waals surface area contributed by atoms with Crippen LogP contribution < -0.4 is 11.1 Å². The van der Waals surface area contributed by atoms with Gasteiger partial charge in [-0.15, -0.1) is 0 Å². The standard InChI is InChI=1S/C11H16BrFN2/c12-10-2-3-11(13)9(8-10)4-7-15-6-1-5-14/h2-3,8,15H,1,4-7,14H2. The Labute approximate surface area is 98.2 Å². The number of hydrogen-bond donors (Lipinski definition) is 2. The highest BCUT2D eigenvalue weighted by Crippen LogP contribution is 2.15. The number of hydrogen-bond acceptors (Lipinski definition) is 2. The lowest BCUT2D eigenvalue weighted by molar-refractivity contribution is 0.594. The molecule has 0 aromatic heterocycles. The first-order valence-electron chi connectivity index (χ1n) is 5.08. The van der Waals surface area contributed by atoms with E-state index in [0.717, 1.165) is 29.5 Å². The molecule has 84 valence electrons. The van der Waals surface area contributed by atoms with Gasteiger partial charge >= 0.3 is 0 Å². The van der Waals surface area contributed by atoms with Crippen molar-refractivity contribution in [1.29, 1.82) is 0 Å². The highest BCUT2D eigenvalue weighted by atomic mass is 79.9. The molecule has 0 aliphatic carbocycles. The molecule has 0 bridgehead atoms. The first kappa shape index (κ1) is 12.6. The van der Waals surface area contributed by atoms with Gasteiger partial charge in [0.25, 0.3) is 0 Å². The van der Waals surface area contributed by atoms with E-state index in [1.165, 1.54) is 6.07 Å². The molecule has 0 heterocycles. The molecule has 1 aromatic rings. The number of benzene rings is 1. The van der Waals surface area contributed by atoms with Crippen molar-refractivity contribution < 1.29 is 4.39 Å². The average Bonchev–Trinajstić information content (AvgIpc) is 2.23. The zero-order chi connectivity index (χ0) is 11.1. The summed E-state index contributed by atoms with van der Waals surface area (Å²) >= 11 is 3.33. The lowest BCUT2D eigenvalue weighted by Crippen LogP contribution is -2.21. The molecule has 0 spiro atoms. The van der Waals surface area contributed by atoms with E-state index in [2.05, 4.69) is 21.2 Å². The summed E-state index contributed by atoms with van der Waals surface area (Å²) < 4.78 is 14.2. The molecule has 1 rings (SSSR count). The van der Waals surface area contributed by atoms with Crippen LogP contribution in [-0.2, 0) is 6.42 Å². The minimum absolute atomic E-state index is 0.140. The topological polar surface area (TPSA) is 38.0 Å². The molecule has 0 saturated carbocycles. The van der Waals surface area contributed by atoms with Crippen LogP contribution in [0.1, 0.15) is 12.0 Å². The van der Waals surface area contributed by atoms with Gasteiger partial charge in [0, 0.05) is 4.47 Å². The Morgan fingerprint density at radius 1 is 1.33 bits per heavy atom. The van der Waals surface area contributed by atoms with Crippen LogP contribution in [0.5, 0.6) is 0 Å². The van der Waals surface area contributed by atoms with Crippen LogP contribution >= 0.6 is 15.9 Å². The van der Waals surface area contributed by atoms with Crippen LogP contribution in [0.3, 0.4) is 0 Å². The van der Waals surface area contributed by atoms with E-state index in [1.807, 2.05) is 6.07 Å². The Bertz CT molecular complexity index is 305. The van der Waals surface area contributed by atoms with Gasteiger partial charge in [-0.1, -0.05) is 15.9 Å². The monoisotopic (exact) mass is 274 g/mol. The molecule has 1 aromatic carbocycles. The summed E-state index contributed by atoms with van der Waals surface area (Å²) in [5, 5.41) is 3.22. The second kappa shape index (κ2) is 6.93. The molecule has 0 amide bonds. The maximum atomic E-state index is 13.3. The van der Waals surface area contributed by atoms with Gasteiger partial charge in [-0.3, -0.25) is 0 Å².